The summed E-state index contributed by atoms with van der Waals surface area (Å²) in [6.07, 6.45) is 0. The van der Waals surface area contributed by atoms with Crippen LogP contribution in [0.15, 0.2) is 0 Å². The number of hydrogen-bond donors (Lipinski definition) is 0. The maximum absolute atomic E-state index is 8.33. The van der Waals surface area contributed by atoms with Gasteiger partial charge in [-0.15, -0.1) is 0 Å². The van der Waals surface area contributed by atoms with Crippen LogP contribution in [-0.4, -0.2) is 26.9 Å². The number of nitrogens with zero attached hydrogens (tertiary/aromatic N) is 1. The molecule has 0 amide bonds. The van der Waals surface area contributed by atoms with Crippen molar-refractivity contribution in [1.29, 1.82) is 5.26 Å². The third kappa shape index (κ3) is 5.54. The SMILES string of the molecule is COCCOCC(C)C#N. The van der Waals surface area contributed by atoms with Crippen LogP contribution in [-0.2, 0) is 9.47 Å². The smallest absolute Gasteiger partial charge is 0.0700 e. The number of methoxy groups -OCH3 is 1. The molecule has 0 saturated heterocycles. The molecule has 0 saturated carbocycles. The third-order valence-corrected chi connectivity index (χ3v) is 1.02. The summed E-state index contributed by atoms with van der Waals surface area (Å²) in [6.45, 7) is 3.49. The second-order valence-electron chi connectivity index (χ2n) is 2.10. The molecule has 1 unspecified atom stereocenters. The minimum Gasteiger partial charge on any atom is -0.382 e. The van der Waals surface area contributed by atoms with Gasteiger partial charge in [-0.2, -0.15) is 5.26 Å². The van der Waals surface area contributed by atoms with Gasteiger partial charge in [0.05, 0.1) is 31.8 Å². The van der Waals surface area contributed by atoms with Gasteiger partial charge in [-0.05, 0) is 6.92 Å². The lowest BCUT2D eigenvalue weighted by Crippen LogP contribution is -2.07. The Morgan fingerprint density at radius 2 is 2.20 bits per heavy atom. The molecule has 0 spiro atoms. The highest BCUT2D eigenvalue weighted by Crippen LogP contribution is 1.91. The van der Waals surface area contributed by atoms with Gasteiger partial charge in [-0.3, -0.25) is 0 Å². The first kappa shape index (κ1) is 9.41. The Kier molecular flexibility index (Phi) is 6.14. The molecule has 0 radical (unpaired) electrons. The van der Waals surface area contributed by atoms with E-state index >= 15 is 0 Å². The largest absolute Gasteiger partial charge is 0.382 e. The zero-order chi connectivity index (χ0) is 7.82. The highest BCUT2D eigenvalue weighted by Gasteiger charge is 1.97. The molecule has 1 atom stereocenters. The lowest BCUT2D eigenvalue weighted by molar-refractivity contribution is 0.0621. The molecule has 0 rings (SSSR count). The lowest BCUT2D eigenvalue weighted by Gasteiger charge is -2.03. The first-order valence-corrected chi connectivity index (χ1v) is 3.27. The molecular weight excluding hydrogens is 130 g/mol. The van der Waals surface area contributed by atoms with E-state index in [1.54, 1.807) is 7.11 Å². The molecule has 3 nitrogen and oxygen atoms in total. The van der Waals surface area contributed by atoms with Crippen molar-refractivity contribution in [2.75, 3.05) is 26.9 Å². The molecule has 0 heterocycles. The molecule has 0 aliphatic rings. The van der Waals surface area contributed by atoms with Crippen molar-refractivity contribution in [3.63, 3.8) is 0 Å². The van der Waals surface area contributed by atoms with Crippen molar-refractivity contribution in [3.05, 3.63) is 0 Å². The molecule has 10 heavy (non-hydrogen) atoms. The van der Waals surface area contributed by atoms with Crippen LogP contribution in [0.4, 0.5) is 0 Å². The summed E-state index contributed by atoms with van der Waals surface area (Å²) in [5, 5.41) is 8.33. The second-order valence-corrected chi connectivity index (χ2v) is 2.10. The number of nitriles is 1. The molecular formula is C7H13NO2. The van der Waals surface area contributed by atoms with Crippen LogP contribution >= 0.6 is 0 Å². The van der Waals surface area contributed by atoms with E-state index in [0.717, 1.165) is 0 Å². The number of hydrogen-bond acceptors (Lipinski definition) is 3. The van der Waals surface area contributed by atoms with Crippen LogP contribution in [0, 0.1) is 17.2 Å². The van der Waals surface area contributed by atoms with Gasteiger partial charge in [-0.1, -0.05) is 0 Å². The monoisotopic (exact) mass is 143 g/mol. The molecule has 3 heteroatoms. The third-order valence-electron chi connectivity index (χ3n) is 1.02. The van der Waals surface area contributed by atoms with Crippen molar-refractivity contribution in [1.82, 2.24) is 0 Å². The zero-order valence-corrected chi connectivity index (χ0v) is 6.46. The Hall–Kier alpha value is -0.590. The number of rotatable bonds is 5. The van der Waals surface area contributed by atoms with Crippen molar-refractivity contribution >= 4 is 0 Å². The predicted octanol–water partition coefficient (Wildman–Crippen LogP) is 0.809. The van der Waals surface area contributed by atoms with Gasteiger partial charge in [0.2, 0.25) is 0 Å². The molecule has 0 aromatic carbocycles. The molecule has 58 valence electrons. The Bertz CT molecular complexity index is 109. The van der Waals surface area contributed by atoms with E-state index in [4.69, 9.17) is 14.7 Å². The summed E-state index contributed by atoms with van der Waals surface area (Å²) in [7, 11) is 1.62. The van der Waals surface area contributed by atoms with E-state index in [2.05, 4.69) is 6.07 Å². The first-order chi connectivity index (χ1) is 4.81. The normalized spacial score (nSPS) is 12.5. The average Bonchev–Trinajstić information content (AvgIpc) is 1.98. The van der Waals surface area contributed by atoms with E-state index in [9.17, 15) is 0 Å². The van der Waals surface area contributed by atoms with Crippen LogP contribution in [0.2, 0.25) is 0 Å². The van der Waals surface area contributed by atoms with Crippen LogP contribution in [0.3, 0.4) is 0 Å². The van der Waals surface area contributed by atoms with Crippen LogP contribution in [0.5, 0.6) is 0 Å². The fraction of sp³-hybridized carbons (Fsp3) is 0.857. The molecule has 0 fully saturated rings. The first-order valence-electron chi connectivity index (χ1n) is 3.27. The Labute approximate surface area is 61.5 Å². The van der Waals surface area contributed by atoms with Crippen molar-refractivity contribution in [2.45, 2.75) is 6.92 Å². The van der Waals surface area contributed by atoms with Gasteiger partial charge in [0.1, 0.15) is 0 Å². The van der Waals surface area contributed by atoms with Crippen molar-refractivity contribution in [3.8, 4) is 6.07 Å². The zero-order valence-electron chi connectivity index (χ0n) is 6.46. The minimum atomic E-state index is -0.0168. The van der Waals surface area contributed by atoms with Gasteiger partial charge >= 0.3 is 0 Å². The van der Waals surface area contributed by atoms with Gasteiger partial charge in [0.15, 0.2) is 0 Å². The van der Waals surface area contributed by atoms with Gasteiger partial charge in [0.25, 0.3) is 0 Å². The molecule has 0 aliphatic carbocycles. The number of ether oxygens (including phenoxy) is 2. The van der Waals surface area contributed by atoms with E-state index < -0.39 is 0 Å². The lowest BCUT2D eigenvalue weighted by atomic mass is 10.2. The summed E-state index contributed by atoms with van der Waals surface area (Å²) >= 11 is 0. The molecule has 0 bridgehead atoms. The maximum atomic E-state index is 8.33. The van der Waals surface area contributed by atoms with E-state index in [1.807, 2.05) is 6.92 Å². The van der Waals surface area contributed by atoms with E-state index in [1.165, 1.54) is 0 Å². The molecule has 0 N–H and O–H groups in total. The summed E-state index contributed by atoms with van der Waals surface area (Å²) < 4.78 is 9.83. The summed E-state index contributed by atoms with van der Waals surface area (Å²) in [5.41, 5.74) is 0. The quantitative estimate of drug-likeness (QED) is 0.535. The van der Waals surface area contributed by atoms with Gasteiger partial charge < -0.3 is 9.47 Å². The van der Waals surface area contributed by atoms with Gasteiger partial charge in [-0.25, -0.2) is 0 Å². The Balaban J connectivity index is 2.98. The van der Waals surface area contributed by atoms with Crippen molar-refractivity contribution in [2.24, 2.45) is 5.92 Å². The fourth-order valence-electron chi connectivity index (χ4n) is 0.440. The highest BCUT2D eigenvalue weighted by atomic mass is 16.5. The standard InChI is InChI=1S/C7H13NO2/c1-7(5-8)6-10-4-3-9-2/h7H,3-4,6H2,1-2H3. The van der Waals surface area contributed by atoms with Gasteiger partial charge in [0, 0.05) is 7.11 Å². The van der Waals surface area contributed by atoms with E-state index in [0.29, 0.717) is 19.8 Å². The molecule has 0 aromatic heterocycles. The minimum absolute atomic E-state index is 0.0168. The predicted molar refractivity (Wildman–Crippen MR) is 37.5 cm³/mol. The Morgan fingerprint density at radius 3 is 2.70 bits per heavy atom. The highest BCUT2D eigenvalue weighted by molar-refractivity contribution is 4.77. The summed E-state index contributed by atoms with van der Waals surface area (Å²) in [4.78, 5) is 0. The topological polar surface area (TPSA) is 42.2 Å². The van der Waals surface area contributed by atoms with Crippen LogP contribution in [0.1, 0.15) is 6.92 Å². The van der Waals surface area contributed by atoms with Crippen molar-refractivity contribution < 1.29 is 9.47 Å². The molecule has 0 aromatic rings. The van der Waals surface area contributed by atoms with E-state index in [-0.39, 0.29) is 5.92 Å². The van der Waals surface area contributed by atoms with Crippen LogP contribution < -0.4 is 0 Å². The average molecular weight is 143 g/mol. The Morgan fingerprint density at radius 1 is 1.50 bits per heavy atom. The van der Waals surface area contributed by atoms with Crippen LogP contribution in [0.25, 0.3) is 0 Å². The second kappa shape index (κ2) is 6.53. The summed E-state index contributed by atoms with van der Waals surface area (Å²) in [5.74, 6) is -0.0168. The summed E-state index contributed by atoms with van der Waals surface area (Å²) in [6, 6.07) is 2.08. The maximum Gasteiger partial charge on any atom is 0.0700 e. The fourth-order valence-corrected chi connectivity index (χ4v) is 0.440. The molecule has 0 aliphatic heterocycles.